The predicted octanol–water partition coefficient (Wildman–Crippen LogP) is 4.10. The minimum atomic E-state index is 0.486. The van der Waals surface area contributed by atoms with Crippen molar-refractivity contribution in [3.05, 3.63) is 29.4 Å². The zero-order valence-electron chi connectivity index (χ0n) is 13.5. The van der Waals surface area contributed by atoms with Crippen molar-refractivity contribution < 1.29 is 9.47 Å². The molecule has 1 heterocycles. The van der Waals surface area contributed by atoms with Gasteiger partial charge < -0.3 is 20.1 Å². The van der Waals surface area contributed by atoms with Gasteiger partial charge in [0, 0.05) is 24.9 Å². The summed E-state index contributed by atoms with van der Waals surface area (Å²) in [6, 6.07) is 5.25. The van der Waals surface area contributed by atoms with Crippen LogP contribution in [0.15, 0.2) is 24.4 Å². The first kappa shape index (κ1) is 17.1. The van der Waals surface area contributed by atoms with Crippen LogP contribution in [-0.4, -0.2) is 30.7 Å². The molecule has 2 rings (SSSR count). The molecular weight excluding hydrogens is 316 g/mol. The molecule has 0 amide bonds. The Morgan fingerprint density at radius 3 is 2.65 bits per heavy atom. The molecule has 6 nitrogen and oxygen atoms in total. The number of hydrogen-bond donors (Lipinski definition) is 2. The van der Waals surface area contributed by atoms with Gasteiger partial charge in [-0.1, -0.05) is 24.9 Å². The number of methoxy groups -OCH3 is 2. The Morgan fingerprint density at radius 2 is 1.96 bits per heavy atom. The number of hydrogen-bond acceptors (Lipinski definition) is 6. The molecule has 124 valence electrons. The molecule has 1 aromatic carbocycles. The average molecular weight is 337 g/mol. The monoisotopic (exact) mass is 336 g/mol. The van der Waals surface area contributed by atoms with E-state index in [1.165, 1.54) is 0 Å². The molecule has 0 fully saturated rings. The van der Waals surface area contributed by atoms with E-state index >= 15 is 0 Å². The number of nitrogens with zero attached hydrogens (tertiary/aromatic N) is 2. The Balaban J connectivity index is 2.19. The molecule has 0 aliphatic heterocycles. The van der Waals surface area contributed by atoms with Crippen molar-refractivity contribution in [1.82, 2.24) is 9.97 Å². The molecule has 0 aliphatic carbocycles. The number of ether oxygens (including phenoxy) is 2. The number of benzene rings is 1. The van der Waals surface area contributed by atoms with Gasteiger partial charge in [-0.05, 0) is 12.5 Å². The number of anilines is 3. The molecule has 1 aromatic heterocycles. The number of halogens is 1. The molecule has 0 aliphatic rings. The first-order chi connectivity index (χ1) is 11.2. The van der Waals surface area contributed by atoms with E-state index in [1.807, 2.05) is 0 Å². The van der Waals surface area contributed by atoms with Crippen molar-refractivity contribution >= 4 is 29.1 Å². The highest BCUT2D eigenvalue weighted by molar-refractivity contribution is 6.32. The maximum absolute atomic E-state index is 6.11. The van der Waals surface area contributed by atoms with Crippen molar-refractivity contribution in [2.45, 2.75) is 19.8 Å². The van der Waals surface area contributed by atoms with Gasteiger partial charge in [0.1, 0.15) is 17.3 Å². The Labute approximate surface area is 141 Å². The Bertz CT molecular complexity index is 652. The summed E-state index contributed by atoms with van der Waals surface area (Å²) in [5, 5.41) is 6.88. The smallest absolute Gasteiger partial charge is 0.224 e. The summed E-state index contributed by atoms with van der Waals surface area (Å²) in [4.78, 5) is 8.63. The SMILES string of the molecule is CCCCNc1nccc(Nc2cc(OC)c(Cl)cc2OC)n1. The second-order valence-corrected chi connectivity index (χ2v) is 5.27. The van der Waals surface area contributed by atoms with Crippen LogP contribution < -0.4 is 20.1 Å². The molecular formula is C16H21ClN4O2. The van der Waals surface area contributed by atoms with E-state index in [0.29, 0.717) is 34.0 Å². The zero-order valence-corrected chi connectivity index (χ0v) is 14.3. The summed E-state index contributed by atoms with van der Waals surface area (Å²) in [6.45, 7) is 2.98. The van der Waals surface area contributed by atoms with Crippen LogP contribution in [0.3, 0.4) is 0 Å². The summed E-state index contributed by atoms with van der Waals surface area (Å²) in [5.74, 6) is 2.41. The second kappa shape index (κ2) is 8.43. The third kappa shape index (κ3) is 4.63. The lowest BCUT2D eigenvalue weighted by atomic mass is 10.2. The second-order valence-electron chi connectivity index (χ2n) is 4.86. The minimum Gasteiger partial charge on any atom is -0.495 e. The molecule has 0 radical (unpaired) electrons. The van der Waals surface area contributed by atoms with Gasteiger partial charge in [0.15, 0.2) is 0 Å². The third-order valence-corrected chi connectivity index (χ3v) is 3.50. The fourth-order valence-electron chi connectivity index (χ4n) is 1.99. The highest BCUT2D eigenvalue weighted by Gasteiger charge is 2.11. The van der Waals surface area contributed by atoms with Gasteiger partial charge in [-0.2, -0.15) is 4.98 Å². The molecule has 0 unspecified atom stereocenters. The lowest BCUT2D eigenvalue weighted by Gasteiger charge is -2.14. The lowest BCUT2D eigenvalue weighted by molar-refractivity contribution is 0.405. The van der Waals surface area contributed by atoms with E-state index in [2.05, 4.69) is 27.5 Å². The number of aromatic nitrogens is 2. The quantitative estimate of drug-likeness (QED) is 0.707. The average Bonchev–Trinajstić information content (AvgIpc) is 2.56. The first-order valence-electron chi connectivity index (χ1n) is 7.43. The van der Waals surface area contributed by atoms with E-state index in [-0.39, 0.29) is 0 Å². The molecule has 0 saturated heterocycles. The fourth-order valence-corrected chi connectivity index (χ4v) is 2.22. The summed E-state index contributed by atoms with van der Waals surface area (Å²) < 4.78 is 10.6. The summed E-state index contributed by atoms with van der Waals surface area (Å²) in [7, 11) is 3.15. The van der Waals surface area contributed by atoms with Crippen molar-refractivity contribution in [3.8, 4) is 11.5 Å². The van der Waals surface area contributed by atoms with Crippen molar-refractivity contribution in [1.29, 1.82) is 0 Å². The van der Waals surface area contributed by atoms with Crippen LogP contribution in [-0.2, 0) is 0 Å². The van der Waals surface area contributed by atoms with E-state index in [1.54, 1.807) is 38.6 Å². The van der Waals surface area contributed by atoms with Gasteiger partial charge in [0.2, 0.25) is 5.95 Å². The van der Waals surface area contributed by atoms with Gasteiger partial charge in [0.05, 0.1) is 24.9 Å². The fraction of sp³-hybridized carbons (Fsp3) is 0.375. The topological polar surface area (TPSA) is 68.3 Å². The van der Waals surface area contributed by atoms with E-state index in [0.717, 1.165) is 19.4 Å². The Morgan fingerprint density at radius 1 is 1.17 bits per heavy atom. The normalized spacial score (nSPS) is 10.3. The van der Waals surface area contributed by atoms with Crippen LogP contribution in [0, 0.1) is 0 Å². The molecule has 7 heteroatoms. The number of nitrogens with one attached hydrogen (secondary N) is 2. The molecule has 0 bridgehead atoms. The third-order valence-electron chi connectivity index (χ3n) is 3.21. The first-order valence-corrected chi connectivity index (χ1v) is 7.81. The molecule has 23 heavy (non-hydrogen) atoms. The summed E-state index contributed by atoms with van der Waals surface area (Å²) >= 11 is 6.11. The molecule has 2 aromatic rings. The van der Waals surface area contributed by atoms with Gasteiger partial charge in [-0.25, -0.2) is 4.98 Å². The highest BCUT2D eigenvalue weighted by Crippen LogP contribution is 2.37. The van der Waals surface area contributed by atoms with Crippen LogP contribution in [0.1, 0.15) is 19.8 Å². The van der Waals surface area contributed by atoms with Crippen LogP contribution >= 0.6 is 11.6 Å². The predicted molar refractivity (Wildman–Crippen MR) is 93.3 cm³/mol. The Hall–Kier alpha value is -2.21. The van der Waals surface area contributed by atoms with Gasteiger partial charge in [-0.3, -0.25) is 0 Å². The van der Waals surface area contributed by atoms with Crippen LogP contribution in [0.2, 0.25) is 5.02 Å². The molecule has 0 spiro atoms. The van der Waals surface area contributed by atoms with E-state index < -0.39 is 0 Å². The summed E-state index contributed by atoms with van der Waals surface area (Å²) in [5.41, 5.74) is 0.715. The van der Waals surface area contributed by atoms with Crippen molar-refractivity contribution in [3.63, 3.8) is 0 Å². The molecule has 0 atom stereocenters. The van der Waals surface area contributed by atoms with E-state index in [9.17, 15) is 0 Å². The van der Waals surface area contributed by atoms with Crippen LogP contribution in [0.5, 0.6) is 11.5 Å². The summed E-state index contributed by atoms with van der Waals surface area (Å²) in [6.07, 6.45) is 3.89. The minimum absolute atomic E-state index is 0.486. The molecule has 2 N–H and O–H groups in total. The van der Waals surface area contributed by atoms with E-state index in [4.69, 9.17) is 21.1 Å². The van der Waals surface area contributed by atoms with Crippen LogP contribution in [0.4, 0.5) is 17.5 Å². The standard InChI is InChI=1S/C16H21ClN4O2/c1-4-5-7-18-16-19-8-6-15(21-16)20-12-10-13(22-2)11(17)9-14(12)23-3/h6,8-10H,4-5,7H2,1-3H3,(H2,18,19,20,21). The molecule has 0 saturated carbocycles. The highest BCUT2D eigenvalue weighted by atomic mass is 35.5. The lowest BCUT2D eigenvalue weighted by Crippen LogP contribution is -2.06. The Kier molecular flexibility index (Phi) is 6.29. The van der Waals surface area contributed by atoms with Crippen molar-refractivity contribution in [2.75, 3.05) is 31.4 Å². The zero-order chi connectivity index (χ0) is 16.7. The number of unbranched alkanes of at least 4 members (excludes halogenated alkanes) is 1. The van der Waals surface area contributed by atoms with Gasteiger partial charge in [-0.15, -0.1) is 0 Å². The van der Waals surface area contributed by atoms with Gasteiger partial charge in [0.25, 0.3) is 0 Å². The van der Waals surface area contributed by atoms with Gasteiger partial charge >= 0.3 is 0 Å². The largest absolute Gasteiger partial charge is 0.495 e. The van der Waals surface area contributed by atoms with Crippen LogP contribution in [0.25, 0.3) is 0 Å². The number of rotatable bonds is 8. The van der Waals surface area contributed by atoms with Crippen molar-refractivity contribution in [2.24, 2.45) is 0 Å². The maximum Gasteiger partial charge on any atom is 0.224 e. The maximum atomic E-state index is 6.11.